The van der Waals surface area contributed by atoms with Crippen molar-refractivity contribution < 1.29 is 28.5 Å². The van der Waals surface area contributed by atoms with Gasteiger partial charge >= 0.3 is 5.97 Å². The fourth-order valence-electron chi connectivity index (χ4n) is 2.04. The second-order valence-corrected chi connectivity index (χ2v) is 4.79. The summed E-state index contributed by atoms with van der Waals surface area (Å²) in [6.45, 7) is 2.75. The van der Waals surface area contributed by atoms with Crippen molar-refractivity contribution in [1.29, 1.82) is 0 Å². The highest BCUT2D eigenvalue weighted by atomic mass is 16.7. The average molecular weight is 310 g/mol. The number of ether oxygens (including phenoxy) is 5. The number of carbonyl (C=O) groups excluding carboxylic acids is 1. The summed E-state index contributed by atoms with van der Waals surface area (Å²) in [5.41, 5.74) is 0.498. The van der Waals surface area contributed by atoms with Crippen LogP contribution in [0, 0.1) is 0 Å². The molecule has 1 aliphatic rings. The molecule has 1 aromatic rings. The van der Waals surface area contributed by atoms with E-state index in [0.29, 0.717) is 37.7 Å². The van der Waals surface area contributed by atoms with Crippen LogP contribution in [0.25, 0.3) is 0 Å². The lowest BCUT2D eigenvalue weighted by Gasteiger charge is -2.11. The molecule has 0 bridgehead atoms. The Morgan fingerprint density at radius 2 is 1.95 bits per heavy atom. The highest BCUT2D eigenvalue weighted by Crippen LogP contribution is 2.13. The fraction of sp³-hybridized carbons (Fsp3) is 0.562. The Labute approximate surface area is 130 Å². The Bertz CT molecular complexity index is 438. The van der Waals surface area contributed by atoms with Crippen molar-refractivity contribution in [3.8, 4) is 5.75 Å². The zero-order valence-corrected chi connectivity index (χ0v) is 12.8. The summed E-state index contributed by atoms with van der Waals surface area (Å²) in [7, 11) is 1.35. The molecule has 1 aromatic carbocycles. The third kappa shape index (κ3) is 5.63. The second-order valence-electron chi connectivity index (χ2n) is 4.79. The molecule has 122 valence electrons. The number of hydrogen-bond acceptors (Lipinski definition) is 6. The van der Waals surface area contributed by atoms with Crippen LogP contribution in [0.5, 0.6) is 5.75 Å². The first-order chi connectivity index (χ1) is 10.8. The van der Waals surface area contributed by atoms with Gasteiger partial charge in [0.15, 0.2) is 6.29 Å². The highest BCUT2D eigenvalue weighted by Gasteiger charge is 2.14. The zero-order valence-electron chi connectivity index (χ0n) is 12.8. The van der Waals surface area contributed by atoms with Crippen molar-refractivity contribution in [3.63, 3.8) is 0 Å². The van der Waals surface area contributed by atoms with Gasteiger partial charge in [-0.05, 0) is 30.7 Å². The van der Waals surface area contributed by atoms with Crippen molar-refractivity contribution in [2.75, 3.05) is 40.1 Å². The highest BCUT2D eigenvalue weighted by molar-refractivity contribution is 5.89. The number of rotatable bonds is 9. The van der Waals surface area contributed by atoms with Crippen LogP contribution >= 0.6 is 0 Å². The van der Waals surface area contributed by atoms with E-state index >= 15 is 0 Å². The van der Waals surface area contributed by atoms with Crippen molar-refractivity contribution in [1.82, 2.24) is 0 Å². The van der Waals surface area contributed by atoms with Gasteiger partial charge in [0.25, 0.3) is 0 Å². The summed E-state index contributed by atoms with van der Waals surface area (Å²) in [6, 6.07) is 6.79. The molecule has 0 radical (unpaired) electrons. The normalized spacial score (nSPS) is 17.4. The van der Waals surface area contributed by atoms with Gasteiger partial charge in [-0.15, -0.1) is 0 Å². The number of hydrogen-bond donors (Lipinski definition) is 0. The molecule has 1 heterocycles. The van der Waals surface area contributed by atoms with Gasteiger partial charge < -0.3 is 23.7 Å². The molecular formula is C16H22O6. The Morgan fingerprint density at radius 1 is 1.18 bits per heavy atom. The lowest BCUT2D eigenvalue weighted by atomic mass is 10.2. The van der Waals surface area contributed by atoms with Crippen LogP contribution in [-0.2, 0) is 18.9 Å². The molecule has 6 nitrogen and oxygen atoms in total. The van der Waals surface area contributed by atoms with Gasteiger partial charge in [-0.2, -0.15) is 0 Å². The summed E-state index contributed by atoms with van der Waals surface area (Å²) in [5.74, 6) is 0.327. The van der Waals surface area contributed by atoms with Crippen molar-refractivity contribution in [2.45, 2.75) is 19.1 Å². The van der Waals surface area contributed by atoms with Crippen LogP contribution < -0.4 is 4.74 Å². The standard InChI is InChI=1S/C16H22O6/c1-18-16(17)13-4-6-14(7-5-13)20-11-9-19-10-12-22-15-3-2-8-21-15/h4-7,15H,2-3,8-12H2,1H3. The summed E-state index contributed by atoms with van der Waals surface area (Å²) in [6.07, 6.45) is 1.96. The molecule has 1 fully saturated rings. The van der Waals surface area contributed by atoms with Crippen LogP contribution in [0.1, 0.15) is 23.2 Å². The molecule has 6 heteroatoms. The topological polar surface area (TPSA) is 63.2 Å². The summed E-state index contributed by atoms with van der Waals surface area (Å²) < 4.78 is 26.4. The first-order valence-electron chi connectivity index (χ1n) is 7.42. The van der Waals surface area contributed by atoms with Crippen LogP contribution in [0.2, 0.25) is 0 Å². The number of benzene rings is 1. The van der Waals surface area contributed by atoms with E-state index in [-0.39, 0.29) is 12.3 Å². The van der Waals surface area contributed by atoms with Crippen LogP contribution in [0.3, 0.4) is 0 Å². The lowest BCUT2D eigenvalue weighted by Crippen LogP contribution is -2.16. The largest absolute Gasteiger partial charge is 0.491 e. The maximum Gasteiger partial charge on any atom is 0.337 e. The predicted molar refractivity (Wildman–Crippen MR) is 79.0 cm³/mol. The minimum absolute atomic E-state index is 0.0619. The monoisotopic (exact) mass is 310 g/mol. The van der Waals surface area contributed by atoms with Crippen molar-refractivity contribution in [2.24, 2.45) is 0 Å². The summed E-state index contributed by atoms with van der Waals surface area (Å²) >= 11 is 0. The smallest absolute Gasteiger partial charge is 0.337 e. The first kappa shape index (κ1) is 16.7. The average Bonchev–Trinajstić information content (AvgIpc) is 3.07. The molecule has 2 rings (SSSR count). The molecule has 1 unspecified atom stereocenters. The van der Waals surface area contributed by atoms with Crippen LogP contribution in [0.15, 0.2) is 24.3 Å². The van der Waals surface area contributed by atoms with E-state index in [4.69, 9.17) is 18.9 Å². The molecule has 1 saturated heterocycles. The Morgan fingerprint density at radius 3 is 2.64 bits per heavy atom. The lowest BCUT2D eigenvalue weighted by molar-refractivity contribution is -0.122. The number of esters is 1. The maximum absolute atomic E-state index is 11.3. The van der Waals surface area contributed by atoms with E-state index in [1.54, 1.807) is 24.3 Å². The molecule has 1 aliphatic heterocycles. The predicted octanol–water partition coefficient (Wildman–Crippen LogP) is 2.02. The van der Waals surface area contributed by atoms with E-state index in [0.717, 1.165) is 19.4 Å². The molecule has 0 spiro atoms. The molecule has 0 N–H and O–H groups in total. The molecule has 22 heavy (non-hydrogen) atoms. The minimum atomic E-state index is -0.360. The Kier molecular flexibility index (Phi) is 7.15. The third-order valence-corrected chi connectivity index (χ3v) is 3.19. The second kappa shape index (κ2) is 9.40. The van der Waals surface area contributed by atoms with Crippen LogP contribution in [0.4, 0.5) is 0 Å². The van der Waals surface area contributed by atoms with Gasteiger partial charge in [0.05, 0.1) is 32.5 Å². The molecule has 0 aromatic heterocycles. The van der Waals surface area contributed by atoms with E-state index < -0.39 is 0 Å². The quantitative estimate of drug-likeness (QED) is 0.514. The molecule has 1 atom stereocenters. The van der Waals surface area contributed by atoms with Gasteiger partial charge in [-0.3, -0.25) is 0 Å². The SMILES string of the molecule is COC(=O)c1ccc(OCCOCCOC2CCCO2)cc1. The van der Waals surface area contributed by atoms with Crippen molar-refractivity contribution in [3.05, 3.63) is 29.8 Å². The minimum Gasteiger partial charge on any atom is -0.491 e. The molecular weight excluding hydrogens is 288 g/mol. The zero-order chi connectivity index (χ0) is 15.6. The molecule has 0 saturated carbocycles. The maximum atomic E-state index is 11.3. The van der Waals surface area contributed by atoms with Gasteiger partial charge in [0.2, 0.25) is 0 Å². The van der Waals surface area contributed by atoms with E-state index in [9.17, 15) is 4.79 Å². The van der Waals surface area contributed by atoms with E-state index in [1.807, 2.05) is 0 Å². The molecule has 0 aliphatic carbocycles. The first-order valence-corrected chi connectivity index (χ1v) is 7.42. The van der Waals surface area contributed by atoms with Gasteiger partial charge in [0, 0.05) is 13.0 Å². The summed E-state index contributed by atoms with van der Waals surface area (Å²) in [5, 5.41) is 0. The number of carbonyl (C=O) groups is 1. The number of methoxy groups -OCH3 is 1. The van der Waals surface area contributed by atoms with E-state index in [2.05, 4.69) is 4.74 Å². The molecule has 0 amide bonds. The van der Waals surface area contributed by atoms with Crippen LogP contribution in [-0.4, -0.2) is 52.4 Å². The van der Waals surface area contributed by atoms with Gasteiger partial charge in [-0.1, -0.05) is 0 Å². The fourth-order valence-corrected chi connectivity index (χ4v) is 2.04. The van der Waals surface area contributed by atoms with Gasteiger partial charge in [0.1, 0.15) is 12.4 Å². The summed E-state index contributed by atoms with van der Waals surface area (Å²) in [4.78, 5) is 11.3. The Hall–Kier alpha value is -1.63. The van der Waals surface area contributed by atoms with Gasteiger partial charge in [-0.25, -0.2) is 4.79 Å². The third-order valence-electron chi connectivity index (χ3n) is 3.19. The van der Waals surface area contributed by atoms with E-state index in [1.165, 1.54) is 7.11 Å². The van der Waals surface area contributed by atoms with Crippen molar-refractivity contribution >= 4 is 5.97 Å². The Balaban J connectivity index is 1.52.